The predicted molar refractivity (Wildman–Crippen MR) is 45.3 cm³/mol. The van der Waals surface area contributed by atoms with E-state index < -0.39 is 0 Å². The second kappa shape index (κ2) is 4.04. The smallest absolute Gasteiger partial charge is 0.0639 e. The fourth-order valence-corrected chi connectivity index (χ4v) is 1.74. The van der Waals surface area contributed by atoms with E-state index in [0.29, 0.717) is 6.04 Å². The number of β-amino-alcohol motifs (C(OH)–C–C–N with tert-alkyl or cyclic N) is 1. The number of aliphatic hydroxyl groups excluding tert-OH is 1. The molecular formula is C8H18N2O. The Morgan fingerprint density at radius 2 is 2.45 bits per heavy atom. The summed E-state index contributed by atoms with van der Waals surface area (Å²) in [5, 5.41) is 9.14. The summed E-state index contributed by atoms with van der Waals surface area (Å²) in [6.07, 6.45) is 2.21. The molecule has 0 aromatic rings. The predicted octanol–water partition coefficient (Wildman–Crippen LogP) is -0.210. The monoisotopic (exact) mass is 158 g/mol. The summed E-state index contributed by atoms with van der Waals surface area (Å²) in [6, 6.07) is 0.518. The van der Waals surface area contributed by atoms with E-state index in [9.17, 15) is 0 Å². The fourth-order valence-electron chi connectivity index (χ4n) is 1.74. The fraction of sp³-hybridized carbons (Fsp3) is 1.00. The van der Waals surface area contributed by atoms with E-state index in [2.05, 4.69) is 4.90 Å². The molecule has 0 radical (unpaired) electrons. The molecule has 0 aromatic carbocycles. The first-order valence-electron chi connectivity index (χ1n) is 4.36. The first kappa shape index (κ1) is 8.97. The van der Waals surface area contributed by atoms with Gasteiger partial charge in [0.15, 0.2) is 0 Å². The molecule has 1 fully saturated rings. The summed E-state index contributed by atoms with van der Waals surface area (Å²) >= 11 is 0. The van der Waals surface area contributed by atoms with E-state index in [4.69, 9.17) is 10.8 Å². The lowest BCUT2D eigenvalue weighted by molar-refractivity contribution is 0.121. The van der Waals surface area contributed by atoms with Crippen molar-refractivity contribution in [2.75, 3.05) is 19.6 Å². The van der Waals surface area contributed by atoms with E-state index in [1.165, 1.54) is 12.8 Å². The number of likely N-dealkylation sites (tertiary alicyclic amines) is 1. The van der Waals surface area contributed by atoms with Crippen molar-refractivity contribution < 1.29 is 5.11 Å². The van der Waals surface area contributed by atoms with Gasteiger partial charge in [-0.25, -0.2) is 0 Å². The number of rotatable bonds is 3. The van der Waals surface area contributed by atoms with Crippen molar-refractivity contribution in [3.8, 4) is 0 Å². The zero-order valence-electron chi connectivity index (χ0n) is 7.16. The first-order chi connectivity index (χ1) is 5.24. The third-order valence-electron chi connectivity index (χ3n) is 2.27. The van der Waals surface area contributed by atoms with Gasteiger partial charge < -0.3 is 10.8 Å². The van der Waals surface area contributed by atoms with Crippen molar-refractivity contribution in [3.05, 3.63) is 0 Å². The van der Waals surface area contributed by atoms with Crippen molar-refractivity contribution in [1.29, 1.82) is 0 Å². The van der Waals surface area contributed by atoms with Gasteiger partial charge in [-0.05, 0) is 26.3 Å². The molecule has 2 atom stereocenters. The molecule has 1 saturated heterocycles. The average Bonchev–Trinajstić information content (AvgIpc) is 2.34. The highest BCUT2D eigenvalue weighted by atomic mass is 16.3. The van der Waals surface area contributed by atoms with Crippen LogP contribution in [0.2, 0.25) is 0 Å². The van der Waals surface area contributed by atoms with Crippen LogP contribution in [0, 0.1) is 0 Å². The van der Waals surface area contributed by atoms with Crippen LogP contribution in [0.25, 0.3) is 0 Å². The molecule has 3 nitrogen and oxygen atoms in total. The molecule has 1 unspecified atom stereocenters. The van der Waals surface area contributed by atoms with E-state index in [0.717, 1.165) is 19.6 Å². The molecule has 3 N–H and O–H groups in total. The minimum absolute atomic E-state index is 0.220. The summed E-state index contributed by atoms with van der Waals surface area (Å²) in [7, 11) is 0. The Labute approximate surface area is 68.2 Å². The van der Waals surface area contributed by atoms with Crippen molar-refractivity contribution in [3.63, 3.8) is 0 Å². The van der Waals surface area contributed by atoms with E-state index >= 15 is 0 Å². The maximum atomic E-state index is 9.14. The standard InChI is InChI=1S/C8H18N2O/c1-7(11)6-10-4-2-3-8(10)5-9/h7-8,11H,2-6,9H2,1H3/t7?,8-/m0/s1. The van der Waals surface area contributed by atoms with Gasteiger partial charge in [0.05, 0.1) is 6.10 Å². The zero-order chi connectivity index (χ0) is 8.27. The molecule has 66 valence electrons. The molecular weight excluding hydrogens is 140 g/mol. The van der Waals surface area contributed by atoms with Crippen molar-refractivity contribution in [2.45, 2.75) is 31.9 Å². The van der Waals surface area contributed by atoms with Crippen LogP contribution in [0.15, 0.2) is 0 Å². The number of hydrogen-bond acceptors (Lipinski definition) is 3. The molecule has 3 heteroatoms. The van der Waals surface area contributed by atoms with Gasteiger partial charge in [-0.1, -0.05) is 0 Å². The van der Waals surface area contributed by atoms with Gasteiger partial charge in [0.2, 0.25) is 0 Å². The summed E-state index contributed by atoms with van der Waals surface area (Å²) < 4.78 is 0. The lowest BCUT2D eigenvalue weighted by Gasteiger charge is -2.24. The van der Waals surface area contributed by atoms with Gasteiger partial charge in [-0.3, -0.25) is 4.90 Å². The maximum Gasteiger partial charge on any atom is 0.0639 e. The second-order valence-corrected chi connectivity index (χ2v) is 3.38. The first-order valence-corrected chi connectivity index (χ1v) is 4.36. The van der Waals surface area contributed by atoms with Gasteiger partial charge in [0, 0.05) is 19.1 Å². The number of aliphatic hydroxyl groups is 1. The number of nitrogens with two attached hydrogens (primary N) is 1. The van der Waals surface area contributed by atoms with Gasteiger partial charge >= 0.3 is 0 Å². The van der Waals surface area contributed by atoms with Crippen LogP contribution >= 0.6 is 0 Å². The molecule has 0 aromatic heterocycles. The third-order valence-corrected chi connectivity index (χ3v) is 2.27. The highest BCUT2D eigenvalue weighted by Crippen LogP contribution is 2.15. The Balaban J connectivity index is 2.31. The minimum atomic E-state index is -0.220. The average molecular weight is 158 g/mol. The van der Waals surface area contributed by atoms with Gasteiger partial charge in [0.1, 0.15) is 0 Å². The number of hydrogen-bond donors (Lipinski definition) is 2. The Morgan fingerprint density at radius 3 is 3.00 bits per heavy atom. The highest BCUT2D eigenvalue weighted by Gasteiger charge is 2.23. The summed E-state index contributed by atoms with van der Waals surface area (Å²) in [4.78, 5) is 2.28. The molecule has 1 heterocycles. The molecule has 1 aliphatic heterocycles. The SMILES string of the molecule is CC(O)CN1CCC[C@H]1CN. The third kappa shape index (κ3) is 2.43. The molecule has 11 heavy (non-hydrogen) atoms. The minimum Gasteiger partial charge on any atom is -0.392 e. The van der Waals surface area contributed by atoms with Crippen LogP contribution in [0.1, 0.15) is 19.8 Å². The van der Waals surface area contributed by atoms with Crippen LogP contribution in [0.5, 0.6) is 0 Å². The second-order valence-electron chi connectivity index (χ2n) is 3.38. The van der Waals surface area contributed by atoms with Crippen molar-refractivity contribution >= 4 is 0 Å². The molecule has 1 rings (SSSR count). The maximum absolute atomic E-state index is 9.14. The van der Waals surface area contributed by atoms with Gasteiger partial charge in [0.25, 0.3) is 0 Å². The summed E-state index contributed by atoms with van der Waals surface area (Å²) in [5.41, 5.74) is 5.58. The largest absolute Gasteiger partial charge is 0.392 e. The Morgan fingerprint density at radius 1 is 1.73 bits per heavy atom. The number of nitrogens with zero attached hydrogens (tertiary/aromatic N) is 1. The summed E-state index contributed by atoms with van der Waals surface area (Å²) in [6.45, 7) is 4.44. The van der Waals surface area contributed by atoms with Crippen molar-refractivity contribution in [1.82, 2.24) is 4.90 Å². The van der Waals surface area contributed by atoms with Crippen LogP contribution in [0.4, 0.5) is 0 Å². The topological polar surface area (TPSA) is 49.5 Å². The Bertz CT molecular complexity index is 117. The van der Waals surface area contributed by atoms with E-state index in [1.54, 1.807) is 0 Å². The molecule has 0 spiro atoms. The molecule has 0 amide bonds. The lowest BCUT2D eigenvalue weighted by atomic mass is 10.2. The molecule has 0 saturated carbocycles. The normalized spacial score (nSPS) is 29.2. The van der Waals surface area contributed by atoms with Crippen LogP contribution in [-0.4, -0.2) is 41.8 Å². The highest BCUT2D eigenvalue weighted by molar-refractivity contribution is 4.80. The van der Waals surface area contributed by atoms with Crippen LogP contribution in [0.3, 0.4) is 0 Å². The molecule has 0 aliphatic carbocycles. The van der Waals surface area contributed by atoms with E-state index in [1.807, 2.05) is 6.92 Å². The van der Waals surface area contributed by atoms with Crippen LogP contribution < -0.4 is 5.73 Å². The van der Waals surface area contributed by atoms with Gasteiger partial charge in [-0.15, -0.1) is 0 Å². The summed E-state index contributed by atoms with van der Waals surface area (Å²) in [5.74, 6) is 0. The lowest BCUT2D eigenvalue weighted by Crippen LogP contribution is -2.39. The van der Waals surface area contributed by atoms with Crippen molar-refractivity contribution in [2.24, 2.45) is 5.73 Å². The quantitative estimate of drug-likeness (QED) is 0.597. The Hall–Kier alpha value is -0.120. The van der Waals surface area contributed by atoms with Gasteiger partial charge in [-0.2, -0.15) is 0 Å². The molecule has 0 bridgehead atoms. The van der Waals surface area contributed by atoms with E-state index in [-0.39, 0.29) is 6.10 Å². The Kier molecular flexibility index (Phi) is 3.30. The zero-order valence-corrected chi connectivity index (χ0v) is 7.16. The molecule has 1 aliphatic rings. The van der Waals surface area contributed by atoms with Crippen LogP contribution in [-0.2, 0) is 0 Å².